The van der Waals surface area contributed by atoms with Crippen LogP contribution >= 0.6 is 0 Å². The van der Waals surface area contributed by atoms with E-state index in [2.05, 4.69) is 20.6 Å². The lowest BCUT2D eigenvalue weighted by molar-refractivity contribution is -0.118. The topological polar surface area (TPSA) is 79.0 Å². The largest absolute Gasteiger partial charge is 0.495 e. The fourth-order valence-corrected chi connectivity index (χ4v) is 2.48. The van der Waals surface area contributed by atoms with Crippen molar-refractivity contribution in [2.75, 3.05) is 12.4 Å². The summed E-state index contributed by atoms with van der Waals surface area (Å²) in [5.41, 5.74) is 3.77. The summed E-state index contributed by atoms with van der Waals surface area (Å²) in [5, 5.41) is 6.12. The van der Waals surface area contributed by atoms with Gasteiger partial charge in [-0.3, -0.25) is 10.1 Å². The lowest BCUT2D eigenvalue weighted by atomic mass is 10.0. The standard InChI is InChI=1S/C15H18N4O2/c1-9-3-4-10(14(5-9)21-2)19-15(20)12-6-11-13(7-16-12)18-8-17-11/h3-5,8,12,16H,6-7H2,1-2H3,(H,17,18)(H,19,20). The molecule has 21 heavy (non-hydrogen) atoms. The van der Waals surface area contributed by atoms with Gasteiger partial charge in [-0.2, -0.15) is 0 Å². The molecule has 1 aromatic heterocycles. The van der Waals surface area contributed by atoms with Gasteiger partial charge in [0.2, 0.25) is 5.91 Å². The van der Waals surface area contributed by atoms with E-state index in [1.54, 1.807) is 13.4 Å². The Bertz CT molecular complexity index is 665. The van der Waals surface area contributed by atoms with Crippen molar-refractivity contribution < 1.29 is 9.53 Å². The summed E-state index contributed by atoms with van der Waals surface area (Å²) >= 11 is 0. The van der Waals surface area contributed by atoms with Gasteiger partial charge in [-0.15, -0.1) is 0 Å². The summed E-state index contributed by atoms with van der Waals surface area (Å²) in [6.07, 6.45) is 2.24. The Morgan fingerprint density at radius 1 is 1.48 bits per heavy atom. The Balaban J connectivity index is 1.73. The summed E-state index contributed by atoms with van der Waals surface area (Å²) in [6.45, 7) is 2.61. The van der Waals surface area contributed by atoms with Crippen LogP contribution in [0, 0.1) is 6.92 Å². The van der Waals surface area contributed by atoms with Crippen molar-refractivity contribution >= 4 is 11.6 Å². The number of fused-ring (bicyclic) bond motifs is 1. The molecule has 110 valence electrons. The van der Waals surface area contributed by atoms with Crippen molar-refractivity contribution in [3.63, 3.8) is 0 Å². The summed E-state index contributed by atoms with van der Waals surface area (Å²) in [5.74, 6) is 0.588. The molecule has 0 saturated heterocycles. The van der Waals surface area contributed by atoms with Crippen molar-refractivity contribution in [2.45, 2.75) is 25.9 Å². The quantitative estimate of drug-likeness (QED) is 0.796. The van der Waals surface area contributed by atoms with Crippen molar-refractivity contribution in [3.8, 4) is 5.75 Å². The highest BCUT2D eigenvalue weighted by molar-refractivity contribution is 5.96. The lowest BCUT2D eigenvalue weighted by Gasteiger charge is -2.22. The molecule has 1 aliphatic rings. The number of aromatic amines is 1. The number of aryl methyl sites for hydroxylation is 1. The molecule has 0 radical (unpaired) electrons. The number of carbonyl (C=O) groups excluding carboxylic acids is 1. The molecule has 1 unspecified atom stereocenters. The van der Waals surface area contributed by atoms with Crippen molar-refractivity contribution in [2.24, 2.45) is 0 Å². The highest BCUT2D eigenvalue weighted by Crippen LogP contribution is 2.25. The first kappa shape index (κ1) is 13.6. The van der Waals surface area contributed by atoms with E-state index in [4.69, 9.17) is 4.74 Å². The number of anilines is 1. The number of carbonyl (C=O) groups is 1. The highest BCUT2D eigenvalue weighted by atomic mass is 16.5. The predicted octanol–water partition coefficient (Wildman–Crippen LogP) is 1.38. The molecule has 0 aliphatic carbocycles. The van der Waals surface area contributed by atoms with Crippen LogP contribution in [-0.2, 0) is 17.8 Å². The Morgan fingerprint density at radius 3 is 3.14 bits per heavy atom. The lowest BCUT2D eigenvalue weighted by Crippen LogP contribution is -2.44. The number of amides is 1. The van der Waals surface area contributed by atoms with E-state index >= 15 is 0 Å². The van der Waals surface area contributed by atoms with E-state index in [-0.39, 0.29) is 11.9 Å². The zero-order valence-corrected chi connectivity index (χ0v) is 12.1. The maximum absolute atomic E-state index is 12.4. The molecule has 1 aliphatic heterocycles. The number of H-pyrrole nitrogens is 1. The van der Waals surface area contributed by atoms with Crippen LogP contribution in [0.1, 0.15) is 17.0 Å². The smallest absolute Gasteiger partial charge is 0.242 e. The molecule has 6 heteroatoms. The number of methoxy groups -OCH3 is 1. The second-order valence-electron chi connectivity index (χ2n) is 5.16. The van der Waals surface area contributed by atoms with E-state index in [0.717, 1.165) is 17.0 Å². The van der Waals surface area contributed by atoms with Gasteiger partial charge in [0, 0.05) is 13.0 Å². The molecule has 3 rings (SSSR count). The Kier molecular flexibility index (Phi) is 3.62. The van der Waals surface area contributed by atoms with Gasteiger partial charge in [-0.25, -0.2) is 4.98 Å². The van der Waals surface area contributed by atoms with Crippen molar-refractivity contribution in [1.29, 1.82) is 0 Å². The number of rotatable bonds is 3. The number of ether oxygens (including phenoxy) is 1. The van der Waals surface area contributed by atoms with Crippen molar-refractivity contribution in [1.82, 2.24) is 15.3 Å². The maximum atomic E-state index is 12.4. The fourth-order valence-electron chi connectivity index (χ4n) is 2.48. The summed E-state index contributed by atoms with van der Waals surface area (Å²) in [4.78, 5) is 19.7. The van der Waals surface area contributed by atoms with Crippen LogP contribution in [0.15, 0.2) is 24.5 Å². The minimum absolute atomic E-state index is 0.0780. The van der Waals surface area contributed by atoms with Crippen LogP contribution < -0.4 is 15.4 Å². The number of imidazole rings is 1. The molecule has 3 N–H and O–H groups in total. The van der Waals surface area contributed by atoms with E-state index < -0.39 is 0 Å². The third-order valence-electron chi connectivity index (χ3n) is 3.66. The number of nitrogens with zero attached hydrogens (tertiary/aromatic N) is 1. The van der Waals surface area contributed by atoms with Gasteiger partial charge in [0.15, 0.2) is 0 Å². The van der Waals surface area contributed by atoms with E-state index in [9.17, 15) is 4.79 Å². The predicted molar refractivity (Wildman–Crippen MR) is 79.3 cm³/mol. The number of benzene rings is 1. The molecule has 0 fully saturated rings. The minimum atomic E-state index is -0.285. The Morgan fingerprint density at radius 2 is 2.33 bits per heavy atom. The molecule has 2 heterocycles. The van der Waals surface area contributed by atoms with Crippen LogP contribution in [0.2, 0.25) is 0 Å². The highest BCUT2D eigenvalue weighted by Gasteiger charge is 2.26. The van der Waals surface area contributed by atoms with Gasteiger partial charge < -0.3 is 15.0 Å². The van der Waals surface area contributed by atoms with Gasteiger partial charge >= 0.3 is 0 Å². The monoisotopic (exact) mass is 286 g/mol. The van der Waals surface area contributed by atoms with Crippen LogP contribution in [0.4, 0.5) is 5.69 Å². The second kappa shape index (κ2) is 5.57. The third-order valence-corrected chi connectivity index (χ3v) is 3.66. The Labute approximate surface area is 122 Å². The molecular formula is C15H18N4O2. The number of aromatic nitrogens is 2. The summed E-state index contributed by atoms with van der Waals surface area (Å²) < 4.78 is 5.31. The third kappa shape index (κ3) is 2.75. The second-order valence-corrected chi connectivity index (χ2v) is 5.16. The molecular weight excluding hydrogens is 268 g/mol. The molecule has 0 spiro atoms. The molecule has 1 atom stereocenters. The minimum Gasteiger partial charge on any atom is -0.495 e. The van der Waals surface area contributed by atoms with Crippen LogP contribution in [0.5, 0.6) is 5.75 Å². The SMILES string of the molecule is COc1cc(C)ccc1NC(=O)C1Cc2nc[nH]c2CN1. The van der Waals surface area contributed by atoms with E-state index in [1.165, 1.54) is 0 Å². The summed E-state index contributed by atoms with van der Waals surface area (Å²) in [6, 6.07) is 5.41. The van der Waals surface area contributed by atoms with Crippen LogP contribution in [0.3, 0.4) is 0 Å². The number of hydrogen-bond acceptors (Lipinski definition) is 4. The van der Waals surface area contributed by atoms with Gasteiger partial charge in [0.05, 0.1) is 36.6 Å². The summed E-state index contributed by atoms with van der Waals surface area (Å²) in [7, 11) is 1.60. The molecule has 0 bridgehead atoms. The average Bonchev–Trinajstić information content (AvgIpc) is 2.96. The maximum Gasteiger partial charge on any atom is 0.242 e. The van der Waals surface area contributed by atoms with Crippen LogP contribution in [0.25, 0.3) is 0 Å². The first-order chi connectivity index (χ1) is 10.2. The van der Waals surface area contributed by atoms with Gasteiger partial charge in [0.25, 0.3) is 0 Å². The normalized spacial score (nSPS) is 17.1. The van der Waals surface area contributed by atoms with Gasteiger partial charge in [-0.1, -0.05) is 6.07 Å². The molecule has 1 aromatic carbocycles. The zero-order valence-electron chi connectivity index (χ0n) is 12.1. The number of hydrogen-bond donors (Lipinski definition) is 3. The van der Waals surface area contributed by atoms with Gasteiger partial charge in [-0.05, 0) is 24.6 Å². The molecule has 0 saturated carbocycles. The molecule has 2 aromatic rings. The van der Waals surface area contributed by atoms with E-state index in [1.807, 2.05) is 25.1 Å². The van der Waals surface area contributed by atoms with Crippen LogP contribution in [-0.4, -0.2) is 29.0 Å². The zero-order chi connectivity index (χ0) is 14.8. The fraction of sp³-hybridized carbons (Fsp3) is 0.333. The first-order valence-electron chi connectivity index (χ1n) is 6.87. The number of nitrogens with one attached hydrogen (secondary N) is 3. The van der Waals surface area contributed by atoms with E-state index in [0.29, 0.717) is 24.4 Å². The van der Waals surface area contributed by atoms with Crippen molar-refractivity contribution in [3.05, 3.63) is 41.5 Å². The molecule has 1 amide bonds. The first-order valence-corrected chi connectivity index (χ1v) is 6.87. The average molecular weight is 286 g/mol. The molecule has 6 nitrogen and oxygen atoms in total. The van der Waals surface area contributed by atoms with Gasteiger partial charge in [0.1, 0.15) is 5.75 Å². The Hall–Kier alpha value is -2.34.